The van der Waals surface area contributed by atoms with Gasteiger partial charge in [0.15, 0.2) is 21.3 Å². The van der Waals surface area contributed by atoms with Gasteiger partial charge in [0.25, 0.3) is 0 Å². The fourth-order valence-corrected chi connectivity index (χ4v) is 2.11. The van der Waals surface area contributed by atoms with Crippen LogP contribution in [0.5, 0.6) is 11.5 Å². The van der Waals surface area contributed by atoms with Crippen LogP contribution < -0.4 is 9.47 Å². The standard InChI is InChI=1S/C13H20O5S/c1-4-19(15,16)8-7-18-12-6-5-11(10(2)14)9-13(12)17-3/h5-6,9-10,14H,4,7-8H2,1-3H3/t10-/m0/s1. The van der Waals surface area contributed by atoms with E-state index in [1.54, 1.807) is 32.0 Å². The van der Waals surface area contributed by atoms with E-state index in [9.17, 15) is 13.5 Å². The summed E-state index contributed by atoms with van der Waals surface area (Å²) in [5.41, 5.74) is 0.713. The van der Waals surface area contributed by atoms with Gasteiger partial charge >= 0.3 is 0 Å². The summed E-state index contributed by atoms with van der Waals surface area (Å²) in [6.07, 6.45) is -0.594. The zero-order valence-electron chi connectivity index (χ0n) is 11.4. The van der Waals surface area contributed by atoms with Gasteiger partial charge in [-0.1, -0.05) is 13.0 Å². The number of rotatable bonds is 7. The van der Waals surface area contributed by atoms with E-state index in [-0.39, 0.29) is 18.1 Å². The number of aliphatic hydroxyl groups excluding tert-OH is 1. The SMILES string of the molecule is CCS(=O)(=O)CCOc1ccc([C@H](C)O)cc1OC. The minimum atomic E-state index is -3.04. The van der Waals surface area contributed by atoms with Gasteiger partial charge in [0.1, 0.15) is 6.61 Å². The molecular weight excluding hydrogens is 268 g/mol. The van der Waals surface area contributed by atoms with Crippen molar-refractivity contribution >= 4 is 9.84 Å². The zero-order chi connectivity index (χ0) is 14.5. The third-order valence-corrected chi connectivity index (χ3v) is 4.43. The van der Waals surface area contributed by atoms with Gasteiger partial charge in [0.05, 0.1) is 19.0 Å². The lowest BCUT2D eigenvalue weighted by Gasteiger charge is -2.13. The van der Waals surface area contributed by atoms with Crippen molar-refractivity contribution in [2.75, 3.05) is 25.2 Å². The Hall–Kier alpha value is -1.27. The minimum absolute atomic E-state index is 0.0230. The number of sulfone groups is 1. The Kier molecular flexibility index (Phi) is 5.62. The molecule has 1 N–H and O–H groups in total. The molecule has 1 aromatic rings. The maximum absolute atomic E-state index is 11.3. The lowest BCUT2D eigenvalue weighted by atomic mass is 10.1. The van der Waals surface area contributed by atoms with E-state index in [2.05, 4.69) is 0 Å². The average molecular weight is 288 g/mol. The quantitative estimate of drug-likeness (QED) is 0.824. The Morgan fingerprint density at radius 1 is 1.32 bits per heavy atom. The molecule has 0 fully saturated rings. The number of methoxy groups -OCH3 is 1. The van der Waals surface area contributed by atoms with E-state index in [0.717, 1.165) is 0 Å². The fourth-order valence-electron chi connectivity index (χ4n) is 1.49. The highest BCUT2D eigenvalue weighted by Gasteiger charge is 2.11. The van der Waals surface area contributed by atoms with E-state index in [4.69, 9.17) is 9.47 Å². The lowest BCUT2D eigenvalue weighted by Crippen LogP contribution is -2.15. The van der Waals surface area contributed by atoms with Crippen LogP contribution in [-0.2, 0) is 9.84 Å². The summed E-state index contributed by atoms with van der Waals surface area (Å²) in [6, 6.07) is 5.06. The minimum Gasteiger partial charge on any atom is -0.493 e. The summed E-state index contributed by atoms with van der Waals surface area (Å²) >= 11 is 0. The van der Waals surface area contributed by atoms with Crippen molar-refractivity contribution in [3.63, 3.8) is 0 Å². The fraction of sp³-hybridized carbons (Fsp3) is 0.538. The molecule has 0 aliphatic rings. The van der Waals surface area contributed by atoms with Crippen molar-refractivity contribution in [3.05, 3.63) is 23.8 Å². The van der Waals surface area contributed by atoms with Crippen molar-refractivity contribution in [2.24, 2.45) is 0 Å². The summed E-state index contributed by atoms with van der Waals surface area (Å²) in [6.45, 7) is 3.34. The molecule has 1 rings (SSSR count). The molecule has 0 saturated carbocycles. The molecule has 0 aliphatic heterocycles. The average Bonchev–Trinajstić information content (AvgIpc) is 2.38. The molecule has 0 bridgehead atoms. The molecule has 5 nitrogen and oxygen atoms in total. The first-order valence-corrected chi connectivity index (χ1v) is 7.91. The van der Waals surface area contributed by atoms with Crippen molar-refractivity contribution < 1.29 is 23.0 Å². The van der Waals surface area contributed by atoms with E-state index in [1.807, 2.05) is 0 Å². The molecule has 0 unspecified atom stereocenters. The third kappa shape index (κ3) is 4.72. The number of benzene rings is 1. The smallest absolute Gasteiger partial charge is 0.161 e. The monoisotopic (exact) mass is 288 g/mol. The summed E-state index contributed by atoms with van der Waals surface area (Å²) in [7, 11) is -1.54. The van der Waals surface area contributed by atoms with Crippen LogP contribution in [0.1, 0.15) is 25.5 Å². The predicted molar refractivity (Wildman–Crippen MR) is 73.5 cm³/mol. The van der Waals surface area contributed by atoms with E-state index >= 15 is 0 Å². The van der Waals surface area contributed by atoms with Gasteiger partial charge in [-0.05, 0) is 24.6 Å². The zero-order valence-corrected chi connectivity index (χ0v) is 12.2. The van der Waals surface area contributed by atoms with Crippen LogP contribution in [0.15, 0.2) is 18.2 Å². The lowest BCUT2D eigenvalue weighted by molar-refractivity contribution is 0.198. The first-order chi connectivity index (χ1) is 8.89. The number of hydrogen-bond donors (Lipinski definition) is 1. The highest BCUT2D eigenvalue weighted by molar-refractivity contribution is 7.91. The van der Waals surface area contributed by atoms with Crippen molar-refractivity contribution in [2.45, 2.75) is 20.0 Å². The summed E-state index contributed by atoms with van der Waals surface area (Å²) in [5, 5.41) is 9.47. The first kappa shape index (κ1) is 15.8. The van der Waals surface area contributed by atoms with Gasteiger partial charge in [0.2, 0.25) is 0 Å². The predicted octanol–water partition coefficient (Wildman–Crippen LogP) is 1.56. The maximum Gasteiger partial charge on any atom is 0.161 e. The molecule has 19 heavy (non-hydrogen) atoms. The molecule has 0 saturated heterocycles. The molecular formula is C13H20O5S. The van der Waals surface area contributed by atoms with Crippen LogP contribution in [0.2, 0.25) is 0 Å². The topological polar surface area (TPSA) is 72.8 Å². The van der Waals surface area contributed by atoms with Crippen molar-refractivity contribution in [3.8, 4) is 11.5 Å². The van der Waals surface area contributed by atoms with E-state index in [0.29, 0.717) is 17.1 Å². The third-order valence-electron chi connectivity index (χ3n) is 2.76. The Bertz CT molecular complexity index is 508. The van der Waals surface area contributed by atoms with Gasteiger partial charge in [-0.2, -0.15) is 0 Å². The Balaban J connectivity index is 2.73. The Labute approximate surface area is 114 Å². The van der Waals surface area contributed by atoms with Gasteiger partial charge in [-0.3, -0.25) is 0 Å². The van der Waals surface area contributed by atoms with E-state index < -0.39 is 15.9 Å². The number of hydrogen-bond acceptors (Lipinski definition) is 5. The molecule has 6 heteroatoms. The second kappa shape index (κ2) is 6.77. The first-order valence-electron chi connectivity index (χ1n) is 6.09. The summed E-state index contributed by atoms with van der Waals surface area (Å²) in [5.74, 6) is 1.03. The van der Waals surface area contributed by atoms with Crippen molar-refractivity contribution in [1.82, 2.24) is 0 Å². The molecule has 0 amide bonds. The van der Waals surface area contributed by atoms with Gasteiger partial charge in [-0.15, -0.1) is 0 Å². The number of ether oxygens (including phenoxy) is 2. The van der Waals surface area contributed by atoms with Gasteiger partial charge < -0.3 is 14.6 Å². The van der Waals surface area contributed by atoms with Crippen LogP contribution in [0.3, 0.4) is 0 Å². The van der Waals surface area contributed by atoms with Crippen LogP contribution in [0.4, 0.5) is 0 Å². The Morgan fingerprint density at radius 2 is 2.00 bits per heavy atom. The number of aliphatic hydroxyl groups is 1. The summed E-state index contributed by atoms with van der Waals surface area (Å²) in [4.78, 5) is 0. The molecule has 0 radical (unpaired) electrons. The molecule has 0 aromatic heterocycles. The summed E-state index contributed by atoms with van der Waals surface area (Å²) < 4.78 is 33.3. The highest BCUT2D eigenvalue weighted by atomic mass is 32.2. The van der Waals surface area contributed by atoms with Crippen LogP contribution >= 0.6 is 0 Å². The van der Waals surface area contributed by atoms with E-state index in [1.165, 1.54) is 7.11 Å². The van der Waals surface area contributed by atoms with Gasteiger partial charge in [0, 0.05) is 5.75 Å². The van der Waals surface area contributed by atoms with Crippen LogP contribution in [0, 0.1) is 0 Å². The largest absolute Gasteiger partial charge is 0.493 e. The maximum atomic E-state index is 11.3. The van der Waals surface area contributed by atoms with Gasteiger partial charge in [-0.25, -0.2) is 8.42 Å². The molecule has 0 aliphatic carbocycles. The molecule has 108 valence electrons. The molecule has 1 aromatic carbocycles. The highest BCUT2D eigenvalue weighted by Crippen LogP contribution is 2.30. The molecule has 0 heterocycles. The van der Waals surface area contributed by atoms with Crippen molar-refractivity contribution in [1.29, 1.82) is 0 Å². The molecule has 0 spiro atoms. The second-order valence-electron chi connectivity index (χ2n) is 4.17. The molecule has 1 atom stereocenters. The Morgan fingerprint density at radius 3 is 2.53 bits per heavy atom. The van der Waals surface area contributed by atoms with Crippen LogP contribution in [0.25, 0.3) is 0 Å². The second-order valence-corrected chi connectivity index (χ2v) is 6.64. The van der Waals surface area contributed by atoms with Crippen LogP contribution in [-0.4, -0.2) is 38.7 Å². The normalized spacial score (nSPS) is 13.1.